The largest absolute Gasteiger partial charge is 0.368 e. The number of primary amides is 1. The average molecular weight is 412 g/mol. The fourth-order valence-electron chi connectivity index (χ4n) is 3.14. The van der Waals surface area contributed by atoms with Crippen LogP contribution < -0.4 is 15.8 Å². The number of hydrogen-bond acceptors (Lipinski definition) is 5. The van der Waals surface area contributed by atoms with Crippen molar-refractivity contribution in [3.63, 3.8) is 0 Å². The van der Waals surface area contributed by atoms with Gasteiger partial charge in [0.25, 0.3) is 7.28 Å². The SMILES string of the molecule is NC(=O)[C@@H]1CCCN1C(=O)NCCCCC/C=C\BC(=O)NS(=O)(=O)C1CC1. The van der Waals surface area contributed by atoms with E-state index in [9.17, 15) is 22.8 Å². The topological polar surface area (TPSA) is 139 Å². The summed E-state index contributed by atoms with van der Waals surface area (Å²) in [5.74, 6) is 0.719. The van der Waals surface area contributed by atoms with Gasteiger partial charge in [-0.2, -0.15) is 0 Å². The highest BCUT2D eigenvalue weighted by Crippen LogP contribution is 2.27. The van der Waals surface area contributed by atoms with Crippen LogP contribution in [-0.4, -0.2) is 62.7 Å². The lowest BCUT2D eigenvalue weighted by molar-refractivity contribution is -0.121. The monoisotopic (exact) mass is 412 g/mol. The zero-order chi connectivity index (χ0) is 20.6. The normalized spacial score (nSPS) is 19.6. The second-order valence-electron chi connectivity index (χ2n) is 7.28. The zero-order valence-corrected chi connectivity index (χ0v) is 16.9. The fraction of sp³-hybridized carbons (Fsp3) is 0.706. The molecule has 0 bridgehead atoms. The Bertz CT molecular complexity index is 708. The number of carbonyl (C=O) groups excluding carboxylic acids is 3. The zero-order valence-electron chi connectivity index (χ0n) is 16.1. The summed E-state index contributed by atoms with van der Waals surface area (Å²) in [7, 11) is -3.41. The van der Waals surface area contributed by atoms with Gasteiger partial charge in [0.15, 0.2) is 5.81 Å². The van der Waals surface area contributed by atoms with Gasteiger partial charge < -0.3 is 16.0 Å². The van der Waals surface area contributed by atoms with E-state index < -0.39 is 33.0 Å². The lowest BCUT2D eigenvalue weighted by atomic mass is 9.77. The summed E-state index contributed by atoms with van der Waals surface area (Å²) in [5, 5.41) is 2.42. The van der Waals surface area contributed by atoms with Gasteiger partial charge in [-0.05, 0) is 44.9 Å². The molecule has 1 aliphatic carbocycles. The van der Waals surface area contributed by atoms with Crippen molar-refractivity contribution < 1.29 is 22.8 Å². The lowest BCUT2D eigenvalue weighted by Crippen LogP contribution is -2.48. The fourth-order valence-corrected chi connectivity index (χ4v) is 4.46. The Morgan fingerprint density at radius 1 is 1.14 bits per heavy atom. The molecule has 2 aliphatic rings. The third-order valence-corrected chi connectivity index (χ3v) is 6.72. The van der Waals surface area contributed by atoms with E-state index in [2.05, 4.69) is 10.0 Å². The van der Waals surface area contributed by atoms with Crippen LogP contribution in [0.25, 0.3) is 0 Å². The quantitative estimate of drug-likeness (QED) is 0.332. The molecule has 1 saturated heterocycles. The minimum atomic E-state index is -3.46. The van der Waals surface area contributed by atoms with Gasteiger partial charge in [0.05, 0.1) is 5.25 Å². The van der Waals surface area contributed by atoms with Crippen LogP contribution in [0, 0.1) is 0 Å². The molecule has 28 heavy (non-hydrogen) atoms. The molecule has 1 aliphatic heterocycles. The highest BCUT2D eigenvalue weighted by atomic mass is 32.2. The van der Waals surface area contributed by atoms with E-state index in [-0.39, 0.29) is 13.3 Å². The van der Waals surface area contributed by atoms with E-state index in [4.69, 9.17) is 5.73 Å². The summed E-state index contributed by atoms with van der Waals surface area (Å²) in [6, 6.07) is -0.741. The second-order valence-corrected chi connectivity index (χ2v) is 9.24. The number of allylic oxidation sites excluding steroid dienone is 1. The molecule has 156 valence electrons. The first-order valence-corrected chi connectivity index (χ1v) is 11.4. The summed E-state index contributed by atoms with van der Waals surface area (Å²) in [4.78, 5) is 36.4. The molecular weight excluding hydrogens is 383 g/mol. The van der Waals surface area contributed by atoms with Crippen molar-refractivity contribution in [3.8, 4) is 0 Å². The summed E-state index contributed by atoms with van der Waals surface area (Å²) < 4.78 is 25.3. The third kappa shape index (κ3) is 7.18. The van der Waals surface area contributed by atoms with E-state index in [1.54, 1.807) is 5.98 Å². The summed E-state index contributed by atoms with van der Waals surface area (Å²) in [6.07, 6.45) is 7.95. The third-order valence-electron chi connectivity index (χ3n) is 4.86. The molecule has 11 heteroatoms. The van der Waals surface area contributed by atoms with E-state index in [1.807, 2.05) is 6.08 Å². The molecule has 4 N–H and O–H groups in total. The van der Waals surface area contributed by atoms with Crippen LogP contribution in [-0.2, 0) is 14.8 Å². The van der Waals surface area contributed by atoms with Crippen LogP contribution in [0.3, 0.4) is 0 Å². The van der Waals surface area contributed by atoms with Gasteiger partial charge in [-0.15, -0.1) is 5.98 Å². The van der Waals surface area contributed by atoms with Crippen LogP contribution >= 0.6 is 0 Å². The maximum atomic E-state index is 12.1. The van der Waals surface area contributed by atoms with Crippen molar-refractivity contribution >= 4 is 35.0 Å². The predicted molar refractivity (Wildman–Crippen MR) is 108 cm³/mol. The van der Waals surface area contributed by atoms with Gasteiger partial charge in [-0.3, -0.25) is 14.3 Å². The smallest absolute Gasteiger partial charge is 0.318 e. The van der Waals surface area contributed by atoms with Crippen molar-refractivity contribution in [2.75, 3.05) is 13.1 Å². The van der Waals surface area contributed by atoms with E-state index >= 15 is 0 Å². The van der Waals surface area contributed by atoms with Gasteiger partial charge in [-0.1, -0.05) is 12.5 Å². The van der Waals surface area contributed by atoms with Crippen LogP contribution in [0.4, 0.5) is 9.59 Å². The molecule has 0 unspecified atom stereocenters. The van der Waals surface area contributed by atoms with Gasteiger partial charge in [0, 0.05) is 13.1 Å². The minimum Gasteiger partial charge on any atom is -0.368 e. The number of hydrogen-bond donors (Lipinski definition) is 3. The molecule has 1 saturated carbocycles. The number of urea groups is 1. The molecule has 0 spiro atoms. The maximum absolute atomic E-state index is 12.1. The number of unbranched alkanes of at least 4 members (excludes halogenated alkanes) is 3. The Labute approximate surface area is 166 Å². The van der Waals surface area contributed by atoms with Crippen molar-refractivity contribution in [1.82, 2.24) is 14.9 Å². The molecule has 0 radical (unpaired) electrons. The number of amides is 4. The summed E-state index contributed by atoms with van der Waals surface area (Å²) >= 11 is 0. The Morgan fingerprint density at radius 2 is 1.89 bits per heavy atom. The number of nitrogens with two attached hydrogens (primary N) is 1. The molecule has 0 aromatic carbocycles. The Balaban J connectivity index is 1.49. The Morgan fingerprint density at radius 3 is 2.57 bits per heavy atom. The molecule has 2 fully saturated rings. The molecule has 0 aromatic heterocycles. The number of likely N-dealkylation sites (tertiary alicyclic amines) is 1. The van der Waals surface area contributed by atoms with Crippen LogP contribution in [0.2, 0.25) is 0 Å². The van der Waals surface area contributed by atoms with Crippen LogP contribution in [0.5, 0.6) is 0 Å². The Hall–Kier alpha value is -2.04. The van der Waals surface area contributed by atoms with E-state index in [0.717, 1.165) is 32.1 Å². The van der Waals surface area contributed by atoms with Gasteiger partial charge >= 0.3 is 6.03 Å². The van der Waals surface area contributed by atoms with Crippen molar-refractivity contribution in [2.45, 2.75) is 62.7 Å². The van der Waals surface area contributed by atoms with Crippen molar-refractivity contribution in [3.05, 3.63) is 12.1 Å². The van der Waals surface area contributed by atoms with Crippen molar-refractivity contribution in [2.24, 2.45) is 5.73 Å². The highest BCUT2D eigenvalue weighted by Gasteiger charge is 2.36. The first-order chi connectivity index (χ1) is 13.3. The van der Waals surface area contributed by atoms with Gasteiger partial charge in [0.1, 0.15) is 6.04 Å². The molecule has 9 nitrogen and oxygen atoms in total. The van der Waals surface area contributed by atoms with E-state index in [1.165, 1.54) is 4.90 Å². The predicted octanol–water partition coefficient (Wildman–Crippen LogP) is 0.358. The van der Waals surface area contributed by atoms with Crippen molar-refractivity contribution in [1.29, 1.82) is 0 Å². The molecule has 2 rings (SSSR count). The first kappa shape index (κ1) is 22.3. The molecule has 1 heterocycles. The summed E-state index contributed by atoms with van der Waals surface area (Å²) in [5.41, 5.74) is 5.30. The number of sulfonamides is 1. The number of rotatable bonds is 11. The second kappa shape index (κ2) is 10.5. The van der Waals surface area contributed by atoms with E-state index in [0.29, 0.717) is 32.4 Å². The molecule has 0 aromatic rings. The maximum Gasteiger partial charge on any atom is 0.318 e. The molecule has 1 atom stereocenters. The summed E-state index contributed by atoms with van der Waals surface area (Å²) in [6.45, 7) is 1.09. The van der Waals surface area contributed by atoms with Crippen LogP contribution in [0.1, 0.15) is 51.4 Å². The first-order valence-electron chi connectivity index (χ1n) is 9.84. The lowest BCUT2D eigenvalue weighted by Gasteiger charge is -2.22. The number of nitrogens with zero attached hydrogens (tertiary/aromatic N) is 1. The highest BCUT2D eigenvalue weighted by molar-refractivity contribution is 7.91. The number of carbonyl (C=O) groups is 3. The number of nitrogens with one attached hydrogen (secondary N) is 2. The minimum absolute atomic E-state index is 0.0544. The van der Waals surface area contributed by atoms with Crippen LogP contribution in [0.15, 0.2) is 12.1 Å². The molecular formula is C17H29BN4O5S. The standard InChI is InChI=1S/C17H29BN4O5S/c19-15(23)14-7-6-12-22(14)17(25)20-11-5-3-1-2-4-10-18-16(24)21-28(26,27)13-8-9-13/h4,10,13-14,18H,1-3,5-9,11-12H2,(H2,19,23)(H,20,25)(H,21,24)/b10-4-/t14-/m0/s1. The van der Waals surface area contributed by atoms with Gasteiger partial charge in [0.2, 0.25) is 15.9 Å². The molecule has 4 amide bonds. The average Bonchev–Trinajstić information content (AvgIpc) is 3.37. The Kier molecular flexibility index (Phi) is 8.34. The van der Waals surface area contributed by atoms with Gasteiger partial charge in [-0.25, -0.2) is 13.2 Å².